The van der Waals surface area contributed by atoms with E-state index < -0.39 is 24.2 Å². The number of benzene rings is 1. The molecule has 0 saturated heterocycles. The van der Waals surface area contributed by atoms with Crippen molar-refractivity contribution in [2.75, 3.05) is 13.2 Å². The highest BCUT2D eigenvalue weighted by Gasteiger charge is 2.09. The number of hydrogen-bond donors (Lipinski definition) is 1. The fraction of sp³-hybridized carbons (Fsp3) is 0.200. The second-order valence-corrected chi connectivity index (χ2v) is 3.79. The van der Waals surface area contributed by atoms with Crippen LogP contribution in [0.2, 0.25) is 0 Å². The molecule has 1 aromatic carbocycles. The normalized spacial score (nSPS) is 10.1. The lowest BCUT2D eigenvalue weighted by molar-refractivity contribution is -0.141. The predicted molar refractivity (Wildman–Crippen MR) is 56.9 cm³/mol. The number of carbonyl (C=O) groups is 2. The molecule has 0 fully saturated rings. The third-order valence-corrected chi connectivity index (χ3v) is 2.31. The summed E-state index contributed by atoms with van der Waals surface area (Å²) in [6, 6.07) is 3.78. The molecule has 0 atom stereocenters. The van der Waals surface area contributed by atoms with Crippen molar-refractivity contribution < 1.29 is 23.8 Å². The van der Waals surface area contributed by atoms with Crippen molar-refractivity contribution >= 4 is 27.7 Å². The van der Waals surface area contributed by atoms with E-state index in [1.165, 1.54) is 12.1 Å². The molecule has 0 aliphatic carbocycles. The summed E-state index contributed by atoms with van der Waals surface area (Å²) in [5, 5.41) is 8.28. The molecular formula is C10H8BrFO4. The number of Topliss-reactive ketones (excluding diaryl/α,β-unsaturated/α-hetero) is 1. The molecule has 0 spiro atoms. The highest BCUT2D eigenvalue weighted by Crippen LogP contribution is 2.17. The van der Waals surface area contributed by atoms with Gasteiger partial charge in [0.15, 0.2) is 5.78 Å². The minimum Gasteiger partial charge on any atom is -0.480 e. The van der Waals surface area contributed by atoms with Crippen molar-refractivity contribution in [3.63, 3.8) is 0 Å². The SMILES string of the molecule is O=C(O)COCC(=O)c1ccc(F)c(Br)c1. The van der Waals surface area contributed by atoms with Gasteiger partial charge in [-0.05, 0) is 34.1 Å². The number of halogens is 2. The van der Waals surface area contributed by atoms with Crippen molar-refractivity contribution in [3.05, 3.63) is 34.1 Å². The van der Waals surface area contributed by atoms with Gasteiger partial charge in [0.25, 0.3) is 0 Å². The first-order valence-electron chi connectivity index (χ1n) is 4.28. The van der Waals surface area contributed by atoms with Gasteiger partial charge in [-0.2, -0.15) is 0 Å². The molecule has 0 aliphatic rings. The topological polar surface area (TPSA) is 63.6 Å². The highest BCUT2D eigenvalue weighted by molar-refractivity contribution is 9.10. The Kier molecular flexibility index (Phi) is 4.57. The number of ketones is 1. The molecule has 0 radical (unpaired) electrons. The molecule has 4 nitrogen and oxygen atoms in total. The average molecular weight is 291 g/mol. The molecule has 0 saturated carbocycles. The molecule has 1 N–H and O–H groups in total. The zero-order valence-corrected chi connectivity index (χ0v) is 9.66. The van der Waals surface area contributed by atoms with E-state index in [-0.39, 0.29) is 16.6 Å². The van der Waals surface area contributed by atoms with Gasteiger partial charge in [-0.1, -0.05) is 0 Å². The van der Waals surface area contributed by atoms with Gasteiger partial charge in [0, 0.05) is 5.56 Å². The van der Waals surface area contributed by atoms with Crippen LogP contribution in [0.5, 0.6) is 0 Å². The molecule has 0 aliphatic heterocycles. The maximum atomic E-state index is 12.9. The lowest BCUT2D eigenvalue weighted by Crippen LogP contribution is -2.14. The molecule has 0 bridgehead atoms. The molecule has 0 unspecified atom stereocenters. The molecule has 0 heterocycles. The lowest BCUT2D eigenvalue weighted by Gasteiger charge is -2.02. The summed E-state index contributed by atoms with van der Waals surface area (Å²) in [5.74, 6) is -2.02. The predicted octanol–water partition coefficient (Wildman–Crippen LogP) is 1.87. The van der Waals surface area contributed by atoms with Crippen molar-refractivity contribution in [1.82, 2.24) is 0 Å². The number of aliphatic carboxylic acids is 1. The summed E-state index contributed by atoms with van der Waals surface area (Å²) in [4.78, 5) is 21.6. The summed E-state index contributed by atoms with van der Waals surface area (Å²) in [7, 11) is 0. The summed E-state index contributed by atoms with van der Waals surface area (Å²) in [6.45, 7) is -0.877. The van der Waals surface area contributed by atoms with E-state index in [1.807, 2.05) is 0 Å². The van der Waals surface area contributed by atoms with E-state index in [9.17, 15) is 14.0 Å². The van der Waals surface area contributed by atoms with E-state index in [2.05, 4.69) is 20.7 Å². The monoisotopic (exact) mass is 290 g/mol. The Bertz CT molecular complexity index is 419. The van der Waals surface area contributed by atoms with Crippen LogP contribution in [0, 0.1) is 5.82 Å². The number of carboxylic acid groups (broad SMARTS) is 1. The Morgan fingerprint density at radius 2 is 2.06 bits per heavy atom. The number of ether oxygens (including phenoxy) is 1. The quantitative estimate of drug-likeness (QED) is 0.841. The number of carbonyl (C=O) groups excluding carboxylic acids is 1. The maximum absolute atomic E-state index is 12.9. The third kappa shape index (κ3) is 3.71. The van der Waals surface area contributed by atoms with Crippen LogP contribution in [-0.4, -0.2) is 30.1 Å². The Labute approximate surface area is 99.2 Å². The Hall–Kier alpha value is -1.27. The van der Waals surface area contributed by atoms with Gasteiger partial charge < -0.3 is 9.84 Å². The van der Waals surface area contributed by atoms with Crippen LogP contribution in [0.25, 0.3) is 0 Å². The Balaban J connectivity index is 2.59. The van der Waals surface area contributed by atoms with Crippen molar-refractivity contribution in [1.29, 1.82) is 0 Å². The standard InChI is InChI=1S/C10H8BrFO4/c11-7-3-6(1-2-8(7)12)9(13)4-16-5-10(14)15/h1-3H,4-5H2,(H,14,15). The summed E-state index contributed by atoms with van der Waals surface area (Å²) in [5.41, 5.74) is 0.263. The second-order valence-electron chi connectivity index (χ2n) is 2.94. The van der Waals surface area contributed by atoms with E-state index >= 15 is 0 Å². The zero-order chi connectivity index (χ0) is 12.1. The van der Waals surface area contributed by atoms with Crippen LogP contribution < -0.4 is 0 Å². The van der Waals surface area contributed by atoms with Gasteiger partial charge in [-0.15, -0.1) is 0 Å². The van der Waals surface area contributed by atoms with Crippen molar-refractivity contribution in [2.24, 2.45) is 0 Å². The first-order chi connectivity index (χ1) is 7.50. The number of hydrogen-bond acceptors (Lipinski definition) is 3. The van der Waals surface area contributed by atoms with Crippen LogP contribution in [0.3, 0.4) is 0 Å². The molecule has 16 heavy (non-hydrogen) atoms. The fourth-order valence-electron chi connectivity index (χ4n) is 0.984. The lowest BCUT2D eigenvalue weighted by atomic mass is 10.1. The second kappa shape index (κ2) is 5.72. The summed E-state index contributed by atoms with van der Waals surface area (Å²) >= 11 is 2.94. The van der Waals surface area contributed by atoms with Gasteiger partial charge >= 0.3 is 5.97 Å². The van der Waals surface area contributed by atoms with Crippen molar-refractivity contribution in [2.45, 2.75) is 0 Å². The van der Waals surface area contributed by atoms with Gasteiger partial charge in [-0.3, -0.25) is 4.79 Å². The van der Waals surface area contributed by atoms with Crippen molar-refractivity contribution in [3.8, 4) is 0 Å². The van der Waals surface area contributed by atoms with E-state index in [0.717, 1.165) is 6.07 Å². The smallest absolute Gasteiger partial charge is 0.329 e. The molecule has 1 aromatic rings. The largest absolute Gasteiger partial charge is 0.480 e. The molecule has 6 heteroatoms. The fourth-order valence-corrected chi connectivity index (χ4v) is 1.36. The molecule has 1 rings (SSSR count). The molecular weight excluding hydrogens is 283 g/mol. The van der Waals surface area contributed by atoms with Crippen LogP contribution in [0.1, 0.15) is 10.4 Å². The van der Waals surface area contributed by atoms with Crippen LogP contribution in [0.4, 0.5) is 4.39 Å². The zero-order valence-electron chi connectivity index (χ0n) is 8.07. The van der Waals surface area contributed by atoms with Crippen LogP contribution in [-0.2, 0) is 9.53 Å². The summed E-state index contributed by atoms with van der Waals surface area (Å²) < 4.78 is 17.7. The molecule has 0 amide bonds. The Morgan fingerprint density at radius 1 is 1.38 bits per heavy atom. The molecule has 0 aromatic heterocycles. The van der Waals surface area contributed by atoms with Gasteiger partial charge in [0.2, 0.25) is 0 Å². The first-order valence-corrected chi connectivity index (χ1v) is 5.08. The number of rotatable bonds is 5. The van der Waals surface area contributed by atoms with E-state index in [4.69, 9.17) is 5.11 Å². The number of carboxylic acids is 1. The van der Waals surface area contributed by atoms with E-state index in [1.54, 1.807) is 0 Å². The van der Waals surface area contributed by atoms with Gasteiger partial charge in [-0.25, -0.2) is 9.18 Å². The molecule has 86 valence electrons. The summed E-state index contributed by atoms with van der Waals surface area (Å²) in [6.07, 6.45) is 0. The minimum absolute atomic E-state index is 0.177. The van der Waals surface area contributed by atoms with Crippen LogP contribution in [0.15, 0.2) is 22.7 Å². The third-order valence-electron chi connectivity index (χ3n) is 1.70. The maximum Gasteiger partial charge on any atom is 0.329 e. The van der Waals surface area contributed by atoms with Gasteiger partial charge in [0.05, 0.1) is 4.47 Å². The average Bonchev–Trinajstić information content (AvgIpc) is 2.21. The van der Waals surface area contributed by atoms with Crippen LogP contribution >= 0.6 is 15.9 Å². The van der Waals surface area contributed by atoms with Gasteiger partial charge in [0.1, 0.15) is 19.0 Å². The minimum atomic E-state index is -1.15. The first kappa shape index (κ1) is 12.8. The highest BCUT2D eigenvalue weighted by atomic mass is 79.9. The van der Waals surface area contributed by atoms with E-state index in [0.29, 0.717) is 0 Å². The Morgan fingerprint density at radius 3 is 2.62 bits per heavy atom.